The summed E-state index contributed by atoms with van der Waals surface area (Å²) in [7, 11) is 0. The zero-order valence-corrected chi connectivity index (χ0v) is 16.6. The van der Waals surface area contributed by atoms with Crippen LogP contribution in [0.4, 0.5) is 10.1 Å². The highest BCUT2D eigenvalue weighted by atomic mass is 19.1. The molecule has 0 saturated carbocycles. The molecule has 4 aromatic rings. The molecule has 1 fully saturated rings. The van der Waals surface area contributed by atoms with E-state index in [0.717, 1.165) is 54.0 Å². The van der Waals surface area contributed by atoms with E-state index in [-0.39, 0.29) is 17.5 Å². The van der Waals surface area contributed by atoms with Gasteiger partial charge in [-0.05, 0) is 53.4 Å². The fourth-order valence-corrected chi connectivity index (χ4v) is 4.36. The van der Waals surface area contributed by atoms with Crippen LogP contribution in [0, 0.1) is 5.82 Å². The van der Waals surface area contributed by atoms with Crippen LogP contribution in [-0.4, -0.2) is 36.3 Å². The molecule has 0 unspecified atom stereocenters. The first-order chi connectivity index (χ1) is 14.7. The normalized spacial score (nSPS) is 15.4. The van der Waals surface area contributed by atoms with Crippen molar-refractivity contribution in [2.75, 3.05) is 31.1 Å². The Morgan fingerprint density at radius 1 is 0.900 bits per heavy atom. The standard InChI is InChI=1S/C25H24FN3O/c26-19-8-9-24(30)21(16-19)25(23-15-17-4-1-2-7-22(17)28-23)18-5-3-6-20(14-18)29-12-10-27-11-13-29/h1-9,14-16,25,27-28,30H,10-13H2/t25-/m1/s1. The van der Waals surface area contributed by atoms with Crippen LogP contribution >= 0.6 is 0 Å². The highest BCUT2D eigenvalue weighted by Crippen LogP contribution is 2.39. The molecular formula is C25H24FN3O. The van der Waals surface area contributed by atoms with Crippen LogP contribution in [0.3, 0.4) is 0 Å². The Balaban J connectivity index is 1.65. The molecular weight excluding hydrogens is 377 g/mol. The van der Waals surface area contributed by atoms with E-state index in [0.29, 0.717) is 5.56 Å². The number of halogens is 1. The van der Waals surface area contributed by atoms with E-state index in [4.69, 9.17) is 0 Å². The lowest BCUT2D eigenvalue weighted by Gasteiger charge is -2.30. The molecule has 1 saturated heterocycles. The number of H-pyrrole nitrogens is 1. The smallest absolute Gasteiger partial charge is 0.123 e. The lowest BCUT2D eigenvalue weighted by atomic mass is 9.87. The van der Waals surface area contributed by atoms with Crippen molar-refractivity contribution in [2.24, 2.45) is 0 Å². The third kappa shape index (κ3) is 3.53. The molecule has 3 N–H and O–H groups in total. The van der Waals surface area contributed by atoms with Gasteiger partial charge in [0.05, 0.1) is 5.92 Å². The SMILES string of the molecule is Oc1ccc(F)cc1[C@@H](c1cccc(N2CCNCC2)c1)c1cc2ccccc2[nH]1. The monoisotopic (exact) mass is 401 g/mol. The van der Waals surface area contributed by atoms with Crippen LogP contribution in [0.1, 0.15) is 22.7 Å². The van der Waals surface area contributed by atoms with Gasteiger partial charge in [-0.25, -0.2) is 4.39 Å². The van der Waals surface area contributed by atoms with Crippen molar-refractivity contribution in [2.45, 2.75) is 5.92 Å². The van der Waals surface area contributed by atoms with E-state index in [1.54, 1.807) is 0 Å². The number of nitrogens with zero attached hydrogens (tertiary/aromatic N) is 1. The summed E-state index contributed by atoms with van der Waals surface area (Å²) in [5.41, 5.74) is 4.66. The molecule has 2 heterocycles. The second-order valence-electron chi connectivity index (χ2n) is 7.78. The molecule has 1 atom stereocenters. The topological polar surface area (TPSA) is 51.3 Å². The number of hydrogen-bond donors (Lipinski definition) is 3. The molecule has 4 nitrogen and oxygen atoms in total. The van der Waals surface area contributed by atoms with Gasteiger partial charge in [-0.2, -0.15) is 0 Å². The van der Waals surface area contributed by atoms with Crippen molar-refractivity contribution in [1.82, 2.24) is 10.3 Å². The van der Waals surface area contributed by atoms with Gasteiger partial charge in [0.15, 0.2) is 0 Å². The minimum atomic E-state index is -0.359. The van der Waals surface area contributed by atoms with E-state index in [1.807, 2.05) is 30.3 Å². The molecule has 5 heteroatoms. The van der Waals surface area contributed by atoms with Gasteiger partial charge in [-0.15, -0.1) is 0 Å². The lowest BCUT2D eigenvalue weighted by molar-refractivity contribution is 0.464. The Morgan fingerprint density at radius 3 is 2.57 bits per heavy atom. The average molecular weight is 401 g/mol. The summed E-state index contributed by atoms with van der Waals surface area (Å²) >= 11 is 0. The van der Waals surface area contributed by atoms with Crippen LogP contribution in [0.5, 0.6) is 5.75 Å². The molecule has 1 aromatic heterocycles. The molecule has 0 amide bonds. The van der Waals surface area contributed by atoms with E-state index >= 15 is 0 Å². The second kappa shape index (κ2) is 7.84. The fourth-order valence-electron chi connectivity index (χ4n) is 4.36. The Labute approximate surface area is 175 Å². The number of phenolic OH excluding ortho intramolecular Hbond substituents is 1. The van der Waals surface area contributed by atoms with E-state index in [2.05, 4.69) is 39.5 Å². The molecule has 3 aromatic carbocycles. The Bertz CT molecular complexity index is 1150. The minimum absolute atomic E-state index is 0.0904. The highest BCUT2D eigenvalue weighted by Gasteiger charge is 2.23. The van der Waals surface area contributed by atoms with Gasteiger partial charge in [0.25, 0.3) is 0 Å². The van der Waals surface area contributed by atoms with Gasteiger partial charge in [0.1, 0.15) is 11.6 Å². The first kappa shape index (κ1) is 18.7. The number of piperazine rings is 1. The van der Waals surface area contributed by atoms with E-state index < -0.39 is 0 Å². The van der Waals surface area contributed by atoms with Crippen LogP contribution in [-0.2, 0) is 0 Å². The van der Waals surface area contributed by atoms with Crippen LogP contribution < -0.4 is 10.2 Å². The number of phenols is 1. The highest BCUT2D eigenvalue weighted by molar-refractivity contribution is 5.81. The summed E-state index contributed by atoms with van der Waals surface area (Å²) in [5, 5.41) is 15.1. The van der Waals surface area contributed by atoms with Crippen molar-refractivity contribution in [3.8, 4) is 5.75 Å². The fraction of sp³-hybridized carbons (Fsp3) is 0.200. The van der Waals surface area contributed by atoms with Gasteiger partial charge in [0, 0.05) is 48.6 Å². The van der Waals surface area contributed by atoms with Gasteiger partial charge in [-0.1, -0.05) is 30.3 Å². The van der Waals surface area contributed by atoms with Gasteiger partial charge >= 0.3 is 0 Å². The number of aromatic hydroxyl groups is 1. The number of aromatic nitrogens is 1. The molecule has 0 spiro atoms. The summed E-state index contributed by atoms with van der Waals surface area (Å²) in [6, 6.07) is 22.7. The molecule has 152 valence electrons. The van der Waals surface area contributed by atoms with Crippen LogP contribution in [0.25, 0.3) is 10.9 Å². The Hall–Kier alpha value is -3.31. The largest absolute Gasteiger partial charge is 0.508 e. The molecule has 0 radical (unpaired) electrons. The van der Waals surface area contributed by atoms with Crippen LogP contribution in [0.15, 0.2) is 72.8 Å². The van der Waals surface area contributed by atoms with Crippen molar-refractivity contribution >= 4 is 16.6 Å². The number of fused-ring (bicyclic) bond motifs is 1. The average Bonchev–Trinajstić information content (AvgIpc) is 3.21. The van der Waals surface area contributed by atoms with Crippen molar-refractivity contribution in [1.29, 1.82) is 0 Å². The third-order valence-corrected chi connectivity index (χ3v) is 5.85. The van der Waals surface area contributed by atoms with Gasteiger partial charge < -0.3 is 20.3 Å². The zero-order valence-electron chi connectivity index (χ0n) is 16.6. The number of para-hydroxylation sites is 1. The maximum absolute atomic E-state index is 14.2. The summed E-state index contributed by atoms with van der Waals surface area (Å²) in [6.45, 7) is 3.82. The van der Waals surface area contributed by atoms with Crippen LogP contribution in [0.2, 0.25) is 0 Å². The number of aromatic amines is 1. The number of nitrogens with one attached hydrogen (secondary N) is 2. The maximum Gasteiger partial charge on any atom is 0.123 e. The predicted molar refractivity (Wildman–Crippen MR) is 119 cm³/mol. The summed E-state index contributed by atoms with van der Waals surface area (Å²) < 4.78 is 14.2. The number of benzene rings is 3. The number of rotatable bonds is 4. The van der Waals surface area contributed by atoms with Crippen molar-refractivity contribution in [3.05, 3.63) is 95.4 Å². The Kier molecular flexibility index (Phi) is 4.89. The maximum atomic E-state index is 14.2. The molecule has 30 heavy (non-hydrogen) atoms. The van der Waals surface area contributed by atoms with E-state index in [1.165, 1.54) is 18.2 Å². The second-order valence-corrected chi connectivity index (χ2v) is 7.78. The van der Waals surface area contributed by atoms with Crippen molar-refractivity contribution in [3.63, 3.8) is 0 Å². The van der Waals surface area contributed by atoms with E-state index in [9.17, 15) is 9.50 Å². The molecule has 0 aliphatic carbocycles. The van der Waals surface area contributed by atoms with Gasteiger partial charge in [0.2, 0.25) is 0 Å². The number of hydrogen-bond acceptors (Lipinski definition) is 3. The van der Waals surface area contributed by atoms with Crippen molar-refractivity contribution < 1.29 is 9.50 Å². The third-order valence-electron chi connectivity index (χ3n) is 5.85. The number of anilines is 1. The predicted octanol–water partition coefficient (Wildman–Crippen LogP) is 4.60. The lowest BCUT2D eigenvalue weighted by Crippen LogP contribution is -2.43. The van der Waals surface area contributed by atoms with Gasteiger partial charge in [-0.3, -0.25) is 0 Å². The zero-order chi connectivity index (χ0) is 20.5. The molecule has 1 aliphatic heterocycles. The summed E-state index contributed by atoms with van der Waals surface area (Å²) in [6.07, 6.45) is 0. The quantitative estimate of drug-likeness (QED) is 0.468. The minimum Gasteiger partial charge on any atom is -0.508 e. The summed E-state index contributed by atoms with van der Waals surface area (Å²) in [4.78, 5) is 5.84. The molecule has 0 bridgehead atoms. The first-order valence-electron chi connectivity index (χ1n) is 10.3. The first-order valence-corrected chi connectivity index (χ1v) is 10.3. The molecule has 1 aliphatic rings. The molecule has 5 rings (SSSR count). The summed E-state index contributed by atoms with van der Waals surface area (Å²) in [5.74, 6) is -0.578. The Morgan fingerprint density at radius 2 is 1.73 bits per heavy atom.